The van der Waals surface area contributed by atoms with E-state index in [4.69, 9.17) is 16.0 Å². The molecule has 0 spiro atoms. The van der Waals surface area contributed by atoms with E-state index in [9.17, 15) is 0 Å². The first kappa shape index (κ1) is 9.68. The fraction of sp³-hybridized carbons (Fsp3) is 0.111. The van der Waals surface area contributed by atoms with Crippen molar-refractivity contribution in [2.45, 2.75) is 6.42 Å². The van der Waals surface area contributed by atoms with Crippen molar-refractivity contribution < 1.29 is 4.42 Å². The first-order valence-corrected chi connectivity index (χ1v) is 5.13. The van der Waals surface area contributed by atoms with Crippen LogP contribution < -0.4 is 0 Å². The van der Waals surface area contributed by atoms with Gasteiger partial charge in [-0.25, -0.2) is 0 Å². The summed E-state index contributed by atoms with van der Waals surface area (Å²) in [6, 6.07) is 7.56. The number of nitrogens with zero attached hydrogens (tertiary/aromatic N) is 2. The van der Waals surface area contributed by atoms with E-state index in [-0.39, 0.29) is 0 Å². The molecular weight excluding hydrogens is 267 g/mol. The van der Waals surface area contributed by atoms with Crippen LogP contribution in [0.15, 0.2) is 33.5 Å². The molecule has 0 saturated heterocycles. The quantitative estimate of drug-likeness (QED) is 0.844. The van der Waals surface area contributed by atoms with Crippen molar-refractivity contribution in [3.8, 4) is 0 Å². The molecule has 3 nitrogen and oxygen atoms in total. The molecule has 0 fully saturated rings. The second-order valence-corrected chi connectivity index (χ2v) is 3.87. The minimum Gasteiger partial charge on any atom is -0.415 e. The van der Waals surface area contributed by atoms with E-state index >= 15 is 0 Å². The first-order valence-electron chi connectivity index (χ1n) is 3.96. The van der Waals surface area contributed by atoms with Crippen molar-refractivity contribution in [2.75, 3.05) is 0 Å². The maximum absolute atomic E-state index is 5.84. The second-order valence-electron chi connectivity index (χ2n) is 2.76. The predicted octanol–water partition coefficient (Wildman–Crippen LogP) is 3.08. The first-order chi connectivity index (χ1) is 6.74. The number of halogens is 2. The molecule has 0 atom stereocenters. The van der Waals surface area contributed by atoms with E-state index in [1.54, 1.807) is 0 Å². The predicted molar refractivity (Wildman–Crippen MR) is 56.3 cm³/mol. The minimum atomic E-state index is 0.398. The summed E-state index contributed by atoms with van der Waals surface area (Å²) in [5.74, 6) is 0.569. The monoisotopic (exact) mass is 272 g/mol. The molecule has 72 valence electrons. The van der Waals surface area contributed by atoms with Gasteiger partial charge in [0.2, 0.25) is 5.89 Å². The van der Waals surface area contributed by atoms with Crippen LogP contribution >= 0.6 is 27.5 Å². The minimum absolute atomic E-state index is 0.398. The molecule has 0 N–H and O–H groups in total. The third-order valence-corrected chi connectivity index (χ3v) is 2.24. The van der Waals surface area contributed by atoms with Gasteiger partial charge in [-0.3, -0.25) is 0 Å². The average Bonchev–Trinajstić information content (AvgIpc) is 2.51. The number of hydrogen-bond acceptors (Lipinski definition) is 3. The normalized spacial score (nSPS) is 10.4. The van der Waals surface area contributed by atoms with E-state index in [0.717, 1.165) is 5.56 Å². The van der Waals surface area contributed by atoms with Gasteiger partial charge in [0.25, 0.3) is 4.80 Å². The molecule has 0 unspecified atom stereocenters. The van der Waals surface area contributed by atoms with Gasteiger partial charge < -0.3 is 4.42 Å². The molecule has 0 radical (unpaired) electrons. The van der Waals surface area contributed by atoms with Crippen LogP contribution in [0.3, 0.4) is 0 Å². The number of rotatable bonds is 2. The lowest BCUT2D eigenvalue weighted by Crippen LogP contribution is -1.87. The molecule has 0 saturated carbocycles. The summed E-state index contributed by atoms with van der Waals surface area (Å²) in [6.45, 7) is 0. The van der Waals surface area contributed by atoms with Crippen LogP contribution in [0.4, 0.5) is 0 Å². The molecule has 1 aromatic carbocycles. The van der Waals surface area contributed by atoms with Gasteiger partial charge in [0, 0.05) is 21.0 Å². The smallest absolute Gasteiger partial charge is 0.284 e. The number of benzene rings is 1. The van der Waals surface area contributed by atoms with Gasteiger partial charge in [0.05, 0.1) is 6.42 Å². The summed E-state index contributed by atoms with van der Waals surface area (Å²) in [4.78, 5) is 0.398. The zero-order chi connectivity index (χ0) is 9.97. The van der Waals surface area contributed by atoms with Gasteiger partial charge in [-0.05, 0) is 17.7 Å². The summed E-state index contributed by atoms with van der Waals surface area (Å²) in [5, 5.41) is 8.25. The Morgan fingerprint density at radius 2 is 2.21 bits per heavy atom. The third kappa shape index (κ3) is 2.33. The topological polar surface area (TPSA) is 38.9 Å². The Balaban J connectivity index is 2.18. The molecule has 1 heterocycles. The van der Waals surface area contributed by atoms with Crippen molar-refractivity contribution in [1.29, 1.82) is 0 Å². The largest absolute Gasteiger partial charge is 0.415 e. The molecular formula is C9H6BrClN2O. The Bertz CT molecular complexity index is 444. The lowest BCUT2D eigenvalue weighted by Gasteiger charge is -1.96. The molecule has 1 aromatic heterocycles. The highest BCUT2D eigenvalue weighted by Crippen LogP contribution is 2.15. The Morgan fingerprint density at radius 3 is 2.86 bits per heavy atom. The van der Waals surface area contributed by atoms with Crippen molar-refractivity contribution in [2.24, 2.45) is 0 Å². The lowest BCUT2D eigenvalue weighted by molar-refractivity contribution is 0.482. The van der Waals surface area contributed by atoms with Crippen LogP contribution in [0.2, 0.25) is 5.02 Å². The standard InChI is InChI=1S/C9H6BrClN2O/c10-9-13-12-8(14-9)5-6-2-1-3-7(11)4-6/h1-4H,5H2. The molecule has 0 aliphatic carbocycles. The maximum Gasteiger partial charge on any atom is 0.284 e. The molecule has 0 aliphatic rings. The van der Waals surface area contributed by atoms with Gasteiger partial charge in [0.1, 0.15) is 0 Å². The zero-order valence-electron chi connectivity index (χ0n) is 7.08. The van der Waals surface area contributed by atoms with Crippen molar-refractivity contribution in [1.82, 2.24) is 10.2 Å². The van der Waals surface area contributed by atoms with E-state index < -0.39 is 0 Å². The summed E-state index contributed by atoms with van der Waals surface area (Å²) in [6.07, 6.45) is 0.596. The van der Waals surface area contributed by atoms with Crippen LogP contribution in [-0.4, -0.2) is 10.2 Å². The highest BCUT2D eigenvalue weighted by atomic mass is 79.9. The van der Waals surface area contributed by atoms with E-state index in [1.807, 2.05) is 24.3 Å². The van der Waals surface area contributed by atoms with Crippen LogP contribution in [0.5, 0.6) is 0 Å². The van der Waals surface area contributed by atoms with Gasteiger partial charge in [0.15, 0.2) is 0 Å². The second kappa shape index (κ2) is 4.11. The van der Waals surface area contributed by atoms with Crippen molar-refractivity contribution >= 4 is 27.5 Å². The summed E-state index contributed by atoms with van der Waals surface area (Å²) in [7, 11) is 0. The average molecular weight is 274 g/mol. The summed E-state index contributed by atoms with van der Waals surface area (Å²) in [5.41, 5.74) is 1.05. The Kier molecular flexibility index (Phi) is 2.84. The zero-order valence-corrected chi connectivity index (χ0v) is 9.42. The summed E-state index contributed by atoms with van der Waals surface area (Å²) >= 11 is 8.93. The van der Waals surface area contributed by atoms with Gasteiger partial charge >= 0.3 is 0 Å². The Hall–Kier alpha value is -0.870. The fourth-order valence-corrected chi connectivity index (χ4v) is 1.61. The molecule has 0 aliphatic heterocycles. The number of hydrogen-bond donors (Lipinski definition) is 0. The fourth-order valence-electron chi connectivity index (χ4n) is 1.13. The maximum atomic E-state index is 5.84. The lowest BCUT2D eigenvalue weighted by atomic mass is 10.1. The van der Waals surface area contributed by atoms with E-state index in [2.05, 4.69) is 26.1 Å². The highest BCUT2D eigenvalue weighted by molar-refractivity contribution is 9.10. The molecule has 14 heavy (non-hydrogen) atoms. The van der Waals surface area contributed by atoms with Gasteiger partial charge in [-0.1, -0.05) is 23.7 Å². The van der Waals surface area contributed by atoms with E-state index in [1.165, 1.54) is 0 Å². The molecule has 0 bridgehead atoms. The SMILES string of the molecule is Clc1cccc(Cc2nnc(Br)o2)c1. The van der Waals surface area contributed by atoms with Gasteiger partial charge in [-0.15, -0.1) is 10.2 Å². The van der Waals surface area contributed by atoms with E-state index in [0.29, 0.717) is 22.1 Å². The van der Waals surface area contributed by atoms with Crippen molar-refractivity contribution in [3.05, 3.63) is 45.5 Å². The van der Waals surface area contributed by atoms with Crippen LogP contribution in [0.1, 0.15) is 11.5 Å². The van der Waals surface area contributed by atoms with Gasteiger partial charge in [-0.2, -0.15) is 0 Å². The molecule has 2 rings (SSSR count). The van der Waals surface area contributed by atoms with Crippen molar-refractivity contribution in [3.63, 3.8) is 0 Å². The molecule has 2 aromatic rings. The Morgan fingerprint density at radius 1 is 1.36 bits per heavy atom. The highest BCUT2D eigenvalue weighted by Gasteiger charge is 2.04. The third-order valence-electron chi connectivity index (χ3n) is 1.69. The molecule has 5 heteroatoms. The molecule has 0 amide bonds. The Labute approximate surface area is 94.2 Å². The van der Waals surface area contributed by atoms with Crippen LogP contribution in [0, 0.1) is 0 Å². The van der Waals surface area contributed by atoms with Crippen LogP contribution in [-0.2, 0) is 6.42 Å². The summed E-state index contributed by atoms with van der Waals surface area (Å²) < 4.78 is 5.18. The van der Waals surface area contributed by atoms with Crippen LogP contribution in [0.25, 0.3) is 0 Å². The number of aromatic nitrogens is 2.